The molecule has 0 saturated carbocycles. The molecule has 5 heteroatoms. The summed E-state index contributed by atoms with van der Waals surface area (Å²) in [5, 5.41) is 0. The molecule has 0 bridgehead atoms. The van der Waals surface area contributed by atoms with Gasteiger partial charge in [-0.2, -0.15) is 13.2 Å². The van der Waals surface area contributed by atoms with Gasteiger partial charge in [0, 0.05) is 12.5 Å². The van der Waals surface area contributed by atoms with E-state index in [1.165, 1.54) is 0 Å². The van der Waals surface area contributed by atoms with Crippen molar-refractivity contribution in [1.82, 2.24) is 5.43 Å². The Morgan fingerprint density at radius 3 is 2.50 bits per heavy atom. The van der Waals surface area contributed by atoms with E-state index in [-0.39, 0.29) is 12.5 Å². The number of halogens is 3. The Labute approximate surface area is 105 Å². The lowest BCUT2D eigenvalue weighted by atomic mass is 9.98. The van der Waals surface area contributed by atoms with Gasteiger partial charge < -0.3 is 0 Å². The van der Waals surface area contributed by atoms with E-state index in [0.717, 1.165) is 11.1 Å². The zero-order valence-corrected chi connectivity index (χ0v) is 10.4. The quantitative estimate of drug-likeness (QED) is 0.609. The molecule has 0 spiro atoms. The van der Waals surface area contributed by atoms with E-state index in [2.05, 4.69) is 5.43 Å². The SMILES string of the molecule is Cc1ccccc1CC(CCCC(F)(F)F)NN. The van der Waals surface area contributed by atoms with Crippen molar-refractivity contribution < 1.29 is 13.2 Å². The second kappa shape index (κ2) is 6.75. The van der Waals surface area contributed by atoms with E-state index in [1.807, 2.05) is 31.2 Å². The number of aryl methyl sites for hydroxylation is 1. The van der Waals surface area contributed by atoms with Crippen LogP contribution in [0.4, 0.5) is 13.2 Å². The average Bonchev–Trinajstić information content (AvgIpc) is 2.29. The predicted molar refractivity (Wildman–Crippen MR) is 65.9 cm³/mol. The Balaban J connectivity index is 2.45. The van der Waals surface area contributed by atoms with Crippen LogP contribution in [0, 0.1) is 6.92 Å². The molecule has 102 valence electrons. The Kier molecular flexibility index (Phi) is 5.62. The van der Waals surface area contributed by atoms with E-state index in [1.54, 1.807) is 0 Å². The highest BCUT2D eigenvalue weighted by Crippen LogP contribution is 2.23. The molecule has 0 fully saturated rings. The zero-order chi connectivity index (χ0) is 13.6. The third kappa shape index (κ3) is 5.51. The maximum absolute atomic E-state index is 12.0. The van der Waals surface area contributed by atoms with Crippen molar-refractivity contribution in [3.05, 3.63) is 35.4 Å². The summed E-state index contributed by atoms with van der Waals surface area (Å²) in [6, 6.07) is 7.70. The number of alkyl halides is 3. The number of nitrogens with one attached hydrogen (secondary N) is 1. The van der Waals surface area contributed by atoms with E-state index in [4.69, 9.17) is 5.84 Å². The van der Waals surface area contributed by atoms with Crippen molar-refractivity contribution in [2.75, 3.05) is 0 Å². The van der Waals surface area contributed by atoms with Gasteiger partial charge in [0.2, 0.25) is 0 Å². The molecule has 0 aliphatic rings. The first-order valence-electron chi connectivity index (χ1n) is 6.00. The molecule has 3 N–H and O–H groups in total. The maximum Gasteiger partial charge on any atom is 0.389 e. The summed E-state index contributed by atoms with van der Waals surface area (Å²) in [5.74, 6) is 5.39. The molecule has 0 heterocycles. The molecule has 1 rings (SSSR count). The molecular weight excluding hydrogens is 241 g/mol. The summed E-state index contributed by atoms with van der Waals surface area (Å²) >= 11 is 0. The fourth-order valence-electron chi connectivity index (χ4n) is 1.90. The molecular formula is C13H19F3N2. The Hall–Kier alpha value is -1.07. The smallest absolute Gasteiger partial charge is 0.271 e. The molecule has 1 aromatic carbocycles. The first-order valence-corrected chi connectivity index (χ1v) is 6.00. The van der Waals surface area contributed by atoms with E-state index >= 15 is 0 Å². The first kappa shape index (κ1) is 15.0. The van der Waals surface area contributed by atoms with Crippen LogP contribution in [0.5, 0.6) is 0 Å². The molecule has 0 aliphatic carbocycles. The van der Waals surface area contributed by atoms with Crippen LogP contribution < -0.4 is 11.3 Å². The van der Waals surface area contributed by atoms with E-state index < -0.39 is 12.6 Å². The van der Waals surface area contributed by atoms with Crippen molar-refractivity contribution in [2.45, 2.75) is 44.8 Å². The number of hydrogen-bond donors (Lipinski definition) is 2. The Morgan fingerprint density at radius 2 is 1.94 bits per heavy atom. The minimum atomic E-state index is -4.08. The number of rotatable bonds is 6. The summed E-state index contributed by atoms with van der Waals surface area (Å²) < 4.78 is 36.1. The van der Waals surface area contributed by atoms with Crippen molar-refractivity contribution in [3.63, 3.8) is 0 Å². The molecule has 1 unspecified atom stereocenters. The lowest BCUT2D eigenvalue weighted by molar-refractivity contribution is -0.135. The van der Waals surface area contributed by atoms with Crippen LogP contribution in [0.3, 0.4) is 0 Å². The van der Waals surface area contributed by atoms with Crippen LogP contribution in [0.2, 0.25) is 0 Å². The molecule has 18 heavy (non-hydrogen) atoms. The molecule has 1 aromatic rings. The second-order valence-corrected chi connectivity index (χ2v) is 4.50. The van der Waals surface area contributed by atoms with E-state index in [9.17, 15) is 13.2 Å². The maximum atomic E-state index is 12.0. The summed E-state index contributed by atoms with van der Waals surface area (Å²) in [6.07, 6.45) is -3.66. The van der Waals surface area contributed by atoms with Crippen molar-refractivity contribution in [2.24, 2.45) is 5.84 Å². The molecule has 0 saturated heterocycles. The van der Waals surface area contributed by atoms with Gasteiger partial charge in [0.1, 0.15) is 0 Å². The van der Waals surface area contributed by atoms with Crippen LogP contribution in [0.15, 0.2) is 24.3 Å². The van der Waals surface area contributed by atoms with Crippen molar-refractivity contribution in [3.8, 4) is 0 Å². The number of hydrazine groups is 1. The van der Waals surface area contributed by atoms with Crippen LogP contribution >= 0.6 is 0 Å². The van der Waals surface area contributed by atoms with E-state index in [0.29, 0.717) is 12.8 Å². The molecule has 2 nitrogen and oxygen atoms in total. The number of nitrogens with two attached hydrogens (primary N) is 1. The molecule has 0 aromatic heterocycles. The van der Waals surface area contributed by atoms with Crippen molar-refractivity contribution in [1.29, 1.82) is 0 Å². The lowest BCUT2D eigenvalue weighted by Gasteiger charge is -2.17. The fraction of sp³-hybridized carbons (Fsp3) is 0.538. The zero-order valence-electron chi connectivity index (χ0n) is 10.4. The van der Waals surface area contributed by atoms with Crippen LogP contribution in [-0.2, 0) is 6.42 Å². The third-order valence-electron chi connectivity index (χ3n) is 2.98. The average molecular weight is 260 g/mol. The molecule has 0 amide bonds. The van der Waals surface area contributed by atoms with Gasteiger partial charge >= 0.3 is 6.18 Å². The second-order valence-electron chi connectivity index (χ2n) is 4.50. The molecule has 0 radical (unpaired) electrons. The topological polar surface area (TPSA) is 38.0 Å². The normalized spacial score (nSPS) is 13.6. The fourth-order valence-corrected chi connectivity index (χ4v) is 1.90. The summed E-state index contributed by atoms with van der Waals surface area (Å²) in [6.45, 7) is 1.98. The minimum absolute atomic E-state index is 0.101. The summed E-state index contributed by atoms with van der Waals surface area (Å²) in [5.41, 5.74) is 4.85. The summed E-state index contributed by atoms with van der Waals surface area (Å²) in [4.78, 5) is 0. The Morgan fingerprint density at radius 1 is 1.28 bits per heavy atom. The van der Waals surface area contributed by atoms with Gasteiger partial charge in [0.05, 0.1) is 0 Å². The molecule has 1 atom stereocenters. The number of hydrogen-bond acceptors (Lipinski definition) is 2. The highest BCUT2D eigenvalue weighted by atomic mass is 19.4. The summed E-state index contributed by atoms with van der Waals surface area (Å²) in [7, 11) is 0. The van der Waals surface area contributed by atoms with Crippen molar-refractivity contribution >= 4 is 0 Å². The molecule has 0 aliphatic heterocycles. The highest BCUT2D eigenvalue weighted by Gasteiger charge is 2.26. The number of benzene rings is 1. The van der Waals surface area contributed by atoms with Gasteiger partial charge in [0.25, 0.3) is 0 Å². The van der Waals surface area contributed by atoms with Gasteiger partial charge in [-0.25, -0.2) is 0 Å². The lowest BCUT2D eigenvalue weighted by Crippen LogP contribution is -2.37. The van der Waals surface area contributed by atoms with Gasteiger partial charge in [-0.3, -0.25) is 11.3 Å². The van der Waals surface area contributed by atoms with Gasteiger partial charge in [-0.15, -0.1) is 0 Å². The predicted octanol–water partition coefficient (Wildman–Crippen LogP) is 3.10. The Bertz CT molecular complexity index is 363. The van der Waals surface area contributed by atoms with Gasteiger partial charge in [0.15, 0.2) is 0 Å². The third-order valence-corrected chi connectivity index (χ3v) is 2.98. The highest BCUT2D eigenvalue weighted by molar-refractivity contribution is 5.26. The van der Waals surface area contributed by atoms with Gasteiger partial charge in [-0.05, 0) is 37.3 Å². The minimum Gasteiger partial charge on any atom is -0.271 e. The first-order chi connectivity index (χ1) is 8.42. The monoisotopic (exact) mass is 260 g/mol. The van der Waals surface area contributed by atoms with Crippen LogP contribution in [0.25, 0.3) is 0 Å². The largest absolute Gasteiger partial charge is 0.389 e. The standard InChI is InChI=1S/C13H19F3N2/c1-10-5-2-3-6-11(10)9-12(18-17)7-4-8-13(14,15)16/h2-3,5-6,12,18H,4,7-9,17H2,1H3. The van der Waals surface area contributed by atoms with Crippen LogP contribution in [-0.4, -0.2) is 12.2 Å². The van der Waals surface area contributed by atoms with Gasteiger partial charge in [-0.1, -0.05) is 24.3 Å². The van der Waals surface area contributed by atoms with Crippen LogP contribution in [0.1, 0.15) is 30.4 Å².